The summed E-state index contributed by atoms with van der Waals surface area (Å²) in [5.41, 5.74) is 4.09. The van der Waals surface area contributed by atoms with Gasteiger partial charge in [0.25, 0.3) is 5.91 Å². The Bertz CT molecular complexity index is 807. The number of hydrogen-bond donors (Lipinski definition) is 3. The molecule has 0 bridgehead atoms. The smallest absolute Gasteiger partial charge is 0.251 e. The van der Waals surface area contributed by atoms with Crippen LogP contribution in [0.3, 0.4) is 0 Å². The van der Waals surface area contributed by atoms with E-state index in [9.17, 15) is 9.59 Å². The minimum atomic E-state index is -0.313. The maximum atomic E-state index is 12.2. The van der Waals surface area contributed by atoms with Crippen molar-refractivity contribution in [1.82, 2.24) is 5.32 Å². The topological polar surface area (TPSA) is 70.2 Å². The third-order valence-corrected chi connectivity index (χ3v) is 3.86. The zero-order valence-electron chi connectivity index (χ0n) is 16.1. The third kappa shape index (κ3) is 5.92. The summed E-state index contributed by atoms with van der Waals surface area (Å²) in [5, 5.41) is 8.83. The molecule has 2 aromatic carbocycles. The van der Waals surface area contributed by atoms with Gasteiger partial charge >= 0.3 is 0 Å². The molecule has 0 unspecified atom stereocenters. The summed E-state index contributed by atoms with van der Waals surface area (Å²) >= 11 is 0. The molecule has 2 amide bonds. The fourth-order valence-corrected chi connectivity index (χ4v) is 2.39. The standard InChI is InChI=1S/C21H27N3O2/c1-14-9-10-17(11-15(14)2)22-13-19(25)23-18-8-6-7-16(12-18)20(26)24-21(3,4)5/h6-12,22H,13H2,1-5H3,(H,23,25)(H,24,26). The molecule has 3 N–H and O–H groups in total. The highest BCUT2D eigenvalue weighted by atomic mass is 16.2. The number of nitrogens with one attached hydrogen (secondary N) is 3. The van der Waals surface area contributed by atoms with Crippen LogP contribution in [0.5, 0.6) is 0 Å². The second-order valence-electron chi connectivity index (χ2n) is 7.49. The van der Waals surface area contributed by atoms with Crippen molar-refractivity contribution < 1.29 is 9.59 Å². The molecule has 0 aliphatic rings. The van der Waals surface area contributed by atoms with Gasteiger partial charge in [-0.25, -0.2) is 0 Å². The maximum absolute atomic E-state index is 12.2. The minimum absolute atomic E-state index is 0.154. The normalized spacial score (nSPS) is 11.0. The van der Waals surface area contributed by atoms with Crippen molar-refractivity contribution in [3.05, 3.63) is 59.2 Å². The first-order valence-corrected chi connectivity index (χ1v) is 8.67. The summed E-state index contributed by atoms with van der Waals surface area (Å²) in [6, 6.07) is 12.9. The van der Waals surface area contributed by atoms with Crippen LogP contribution >= 0.6 is 0 Å². The van der Waals surface area contributed by atoms with E-state index in [4.69, 9.17) is 0 Å². The predicted molar refractivity (Wildman–Crippen MR) is 107 cm³/mol. The molecule has 0 aliphatic carbocycles. The van der Waals surface area contributed by atoms with Crippen LogP contribution in [0, 0.1) is 13.8 Å². The van der Waals surface area contributed by atoms with Gasteiger partial charge in [-0.3, -0.25) is 9.59 Å². The van der Waals surface area contributed by atoms with E-state index in [1.165, 1.54) is 11.1 Å². The summed E-state index contributed by atoms with van der Waals surface area (Å²) in [6.07, 6.45) is 0. The van der Waals surface area contributed by atoms with Crippen LogP contribution in [-0.4, -0.2) is 23.9 Å². The molecular weight excluding hydrogens is 326 g/mol. The SMILES string of the molecule is Cc1ccc(NCC(=O)Nc2cccc(C(=O)NC(C)(C)C)c2)cc1C. The minimum Gasteiger partial charge on any atom is -0.376 e. The monoisotopic (exact) mass is 353 g/mol. The van der Waals surface area contributed by atoms with Crippen molar-refractivity contribution in [2.24, 2.45) is 0 Å². The van der Waals surface area contributed by atoms with Crippen LogP contribution in [0.2, 0.25) is 0 Å². The Kier molecular flexibility index (Phi) is 6.03. The van der Waals surface area contributed by atoms with E-state index in [0.717, 1.165) is 5.69 Å². The maximum Gasteiger partial charge on any atom is 0.251 e. The number of carbonyl (C=O) groups is 2. The molecular formula is C21H27N3O2. The van der Waals surface area contributed by atoms with Gasteiger partial charge < -0.3 is 16.0 Å². The van der Waals surface area contributed by atoms with Crippen LogP contribution in [0.1, 0.15) is 42.3 Å². The van der Waals surface area contributed by atoms with Crippen molar-refractivity contribution in [3.63, 3.8) is 0 Å². The number of benzene rings is 2. The number of hydrogen-bond acceptors (Lipinski definition) is 3. The molecule has 5 nitrogen and oxygen atoms in total. The van der Waals surface area contributed by atoms with Crippen LogP contribution in [-0.2, 0) is 4.79 Å². The fraction of sp³-hybridized carbons (Fsp3) is 0.333. The van der Waals surface area contributed by atoms with E-state index in [0.29, 0.717) is 11.3 Å². The van der Waals surface area contributed by atoms with Gasteiger partial charge in [0, 0.05) is 22.5 Å². The molecule has 0 saturated heterocycles. The van der Waals surface area contributed by atoms with E-state index in [1.807, 2.05) is 45.9 Å². The Morgan fingerprint density at radius 1 is 0.923 bits per heavy atom. The lowest BCUT2D eigenvalue weighted by Gasteiger charge is -2.20. The Morgan fingerprint density at radius 3 is 2.31 bits per heavy atom. The number of anilines is 2. The molecule has 0 spiro atoms. The van der Waals surface area contributed by atoms with E-state index in [-0.39, 0.29) is 23.9 Å². The van der Waals surface area contributed by atoms with Crippen molar-refractivity contribution in [3.8, 4) is 0 Å². The van der Waals surface area contributed by atoms with Crippen molar-refractivity contribution in [2.75, 3.05) is 17.2 Å². The summed E-state index contributed by atoms with van der Waals surface area (Å²) in [4.78, 5) is 24.4. The van der Waals surface area contributed by atoms with E-state index in [2.05, 4.69) is 22.9 Å². The summed E-state index contributed by atoms with van der Waals surface area (Å²) in [5.74, 6) is -0.335. The van der Waals surface area contributed by atoms with Crippen LogP contribution in [0.25, 0.3) is 0 Å². The lowest BCUT2D eigenvalue weighted by Crippen LogP contribution is -2.40. The average molecular weight is 353 g/mol. The molecule has 26 heavy (non-hydrogen) atoms. The van der Waals surface area contributed by atoms with Gasteiger partial charge in [-0.15, -0.1) is 0 Å². The first-order chi connectivity index (χ1) is 12.1. The van der Waals surface area contributed by atoms with Gasteiger partial charge in [-0.2, -0.15) is 0 Å². The number of rotatable bonds is 5. The quantitative estimate of drug-likeness (QED) is 0.764. The first kappa shape index (κ1) is 19.5. The Balaban J connectivity index is 1.95. The Hall–Kier alpha value is -2.82. The molecule has 0 fully saturated rings. The zero-order chi connectivity index (χ0) is 19.3. The summed E-state index contributed by atoms with van der Waals surface area (Å²) in [6.45, 7) is 10.0. The highest BCUT2D eigenvalue weighted by molar-refractivity contribution is 5.98. The molecule has 0 heterocycles. The van der Waals surface area contributed by atoms with Gasteiger partial charge in [0.2, 0.25) is 5.91 Å². The highest BCUT2D eigenvalue weighted by Crippen LogP contribution is 2.15. The predicted octanol–water partition coefficient (Wildman–Crippen LogP) is 3.88. The van der Waals surface area contributed by atoms with E-state index in [1.54, 1.807) is 24.3 Å². The van der Waals surface area contributed by atoms with Crippen molar-refractivity contribution in [1.29, 1.82) is 0 Å². The number of amides is 2. The lowest BCUT2D eigenvalue weighted by atomic mass is 10.1. The van der Waals surface area contributed by atoms with Crippen molar-refractivity contribution >= 4 is 23.2 Å². The highest BCUT2D eigenvalue weighted by Gasteiger charge is 2.15. The zero-order valence-corrected chi connectivity index (χ0v) is 16.1. The second kappa shape index (κ2) is 8.04. The van der Waals surface area contributed by atoms with Crippen LogP contribution in [0.4, 0.5) is 11.4 Å². The van der Waals surface area contributed by atoms with Gasteiger partial charge in [0.05, 0.1) is 6.54 Å². The molecule has 138 valence electrons. The molecule has 0 atom stereocenters. The Morgan fingerprint density at radius 2 is 1.65 bits per heavy atom. The van der Waals surface area contributed by atoms with E-state index < -0.39 is 0 Å². The molecule has 2 rings (SSSR count). The molecule has 0 aromatic heterocycles. The van der Waals surface area contributed by atoms with Gasteiger partial charge in [0.15, 0.2) is 0 Å². The fourth-order valence-electron chi connectivity index (χ4n) is 2.39. The van der Waals surface area contributed by atoms with E-state index >= 15 is 0 Å². The van der Waals surface area contributed by atoms with Crippen LogP contribution in [0.15, 0.2) is 42.5 Å². The molecule has 2 aromatic rings. The number of carbonyl (C=O) groups excluding carboxylic acids is 2. The van der Waals surface area contributed by atoms with Crippen molar-refractivity contribution in [2.45, 2.75) is 40.2 Å². The summed E-state index contributed by atoms with van der Waals surface area (Å²) < 4.78 is 0. The van der Waals surface area contributed by atoms with Crippen LogP contribution < -0.4 is 16.0 Å². The lowest BCUT2D eigenvalue weighted by molar-refractivity contribution is -0.114. The molecule has 0 saturated carbocycles. The van der Waals surface area contributed by atoms with Gasteiger partial charge in [-0.1, -0.05) is 12.1 Å². The largest absolute Gasteiger partial charge is 0.376 e. The van der Waals surface area contributed by atoms with Gasteiger partial charge in [-0.05, 0) is 76.1 Å². The van der Waals surface area contributed by atoms with Gasteiger partial charge in [0.1, 0.15) is 0 Å². The molecule has 0 aliphatic heterocycles. The first-order valence-electron chi connectivity index (χ1n) is 8.67. The molecule has 5 heteroatoms. The Labute approximate surface area is 155 Å². The third-order valence-electron chi connectivity index (χ3n) is 3.86. The average Bonchev–Trinajstić information content (AvgIpc) is 2.54. The number of aryl methyl sites for hydroxylation is 2. The molecule has 0 radical (unpaired) electrons. The second-order valence-corrected chi connectivity index (χ2v) is 7.49. The summed E-state index contributed by atoms with van der Waals surface area (Å²) in [7, 11) is 0.